The lowest BCUT2D eigenvalue weighted by molar-refractivity contribution is 0.574. The maximum absolute atomic E-state index is 3.62. The Labute approximate surface area is 122 Å². The Morgan fingerprint density at radius 1 is 1.10 bits per heavy atom. The number of aryl methyl sites for hydroxylation is 1. The molecule has 0 saturated heterocycles. The molecule has 1 atom stereocenters. The topological polar surface area (TPSA) is 12.0 Å². The third-order valence-corrected chi connectivity index (χ3v) is 4.19. The number of rotatable bonds is 5. The molecule has 2 aromatic carbocycles. The molecule has 1 heteroatoms. The average Bonchev–Trinajstić information content (AvgIpc) is 3.30. The molecule has 1 saturated carbocycles. The molecular formula is C19H23N. The van der Waals surface area contributed by atoms with Gasteiger partial charge >= 0.3 is 0 Å². The summed E-state index contributed by atoms with van der Waals surface area (Å²) < 4.78 is 0. The quantitative estimate of drug-likeness (QED) is 0.824. The highest BCUT2D eigenvalue weighted by Crippen LogP contribution is 2.40. The SMILES string of the molecule is Cc1ccc(C(C)NCc2cccc(C3CC3)c2)cc1. The monoisotopic (exact) mass is 265 g/mol. The second-order valence-corrected chi connectivity index (χ2v) is 6.03. The first-order valence-corrected chi connectivity index (χ1v) is 7.61. The molecule has 0 bridgehead atoms. The van der Waals surface area contributed by atoms with Crippen molar-refractivity contribution in [2.75, 3.05) is 0 Å². The summed E-state index contributed by atoms with van der Waals surface area (Å²) >= 11 is 0. The van der Waals surface area contributed by atoms with Gasteiger partial charge in [0.2, 0.25) is 0 Å². The van der Waals surface area contributed by atoms with Gasteiger partial charge in [-0.2, -0.15) is 0 Å². The van der Waals surface area contributed by atoms with Gasteiger partial charge in [0.25, 0.3) is 0 Å². The maximum Gasteiger partial charge on any atom is 0.0294 e. The molecule has 0 aromatic heterocycles. The van der Waals surface area contributed by atoms with Crippen LogP contribution in [0.5, 0.6) is 0 Å². The summed E-state index contributed by atoms with van der Waals surface area (Å²) in [5, 5.41) is 3.62. The van der Waals surface area contributed by atoms with Crippen molar-refractivity contribution in [3.63, 3.8) is 0 Å². The Bertz CT molecular complexity index is 567. The maximum atomic E-state index is 3.62. The van der Waals surface area contributed by atoms with Gasteiger partial charge in [-0.1, -0.05) is 54.1 Å². The lowest BCUT2D eigenvalue weighted by Crippen LogP contribution is -2.18. The summed E-state index contributed by atoms with van der Waals surface area (Å²) in [5.41, 5.74) is 5.59. The molecule has 0 spiro atoms. The highest BCUT2D eigenvalue weighted by molar-refractivity contribution is 5.29. The summed E-state index contributed by atoms with van der Waals surface area (Å²) in [5.74, 6) is 0.837. The molecule has 2 aromatic rings. The Morgan fingerprint density at radius 2 is 1.85 bits per heavy atom. The zero-order valence-electron chi connectivity index (χ0n) is 12.4. The van der Waals surface area contributed by atoms with Gasteiger partial charge in [0, 0.05) is 12.6 Å². The molecule has 3 rings (SSSR count). The summed E-state index contributed by atoms with van der Waals surface area (Å²) in [6, 6.07) is 18.2. The van der Waals surface area contributed by atoms with E-state index in [9.17, 15) is 0 Å². The normalized spacial score (nSPS) is 16.1. The van der Waals surface area contributed by atoms with E-state index < -0.39 is 0 Å². The van der Waals surface area contributed by atoms with Crippen LogP contribution in [-0.4, -0.2) is 0 Å². The van der Waals surface area contributed by atoms with Gasteiger partial charge in [0.1, 0.15) is 0 Å². The van der Waals surface area contributed by atoms with Crippen LogP contribution >= 0.6 is 0 Å². The minimum absolute atomic E-state index is 0.389. The summed E-state index contributed by atoms with van der Waals surface area (Å²) in [6.45, 7) is 5.30. The van der Waals surface area contributed by atoms with Crippen molar-refractivity contribution in [1.82, 2.24) is 5.32 Å². The van der Waals surface area contributed by atoms with Crippen LogP contribution in [-0.2, 0) is 6.54 Å². The third-order valence-electron chi connectivity index (χ3n) is 4.19. The minimum Gasteiger partial charge on any atom is -0.306 e. The second kappa shape index (κ2) is 5.80. The lowest BCUT2D eigenvalue weighted by atomic mass is 10.0. The molecule has 1 N–H and O–H groups in total. The van der Waals surface area contributed by atoms with Crippen LogP contribution < -0.4 is 5.32 Å². The van der Waals surface area contributed by atoms with E-state index >= 15 is 0 Å². The highest BCUT2D eigenvalue weighted by atomic mass is 14.9. The lowest BCUT2D eigenvalue weighted by Gasteiger charge is -2.15. The fourth-order valence-corrected chi connectivity index (χ4v) is 2.62. The van der Waals surface area contributed by atoms with Crippen molar-refractivity contribution < 1.29 is 0 Å². The number of benzene rings is 2. The molecule has 20 heavy (non-hydrogen) atoms. The largest absolute Gasteiger partial charge is 0.306 e. The zero-order chi connectivity index (χ0) is 13.9. The van der Waals surface area contributed by atoms with Crippen LogP contribution in [0.3, 0.4) is 0 Å². The fourth-order valence-electron chi connectivity index (χ4n) is 2.62. The number of hydrogen-bond donors (Lipinski definition) is 1. The van der Waals surface area contributed by atoms with Crippen molar-refractivity contribution >= 4 is 0 Å². The average molecular weight is 265 g/mol. The Kier molecular flexibility index (Phi) is 3.88. The van der Waals surface area contributed by atoms with Crippen molar-refractivity contribution in [2.45, 2.75) is 45.2 Å². The Morgan fingerprint density at radius 3 is 2.55 bits per heavy atom. The standard InChI is InChI=1S/C19H23N/c1-14-6-8-17(9-7-14)15(2)20-13-16-4-3-5-19(12-16)18-10-11-18/h3-9,12,15,18,20H,10-11,13H2,1-2H3. The summed E-state index contributed by atoms with van der Waals surface area (Å²) in [7, 11) is 0. The van der Waals surface area contributed by atoms with Crippen LogP contribution in [0, 0.1) is 6.92 Å². The van der Waals surface area contributed by atoms with Gasteiger partial charge in [-0.15, -0.1) is 0 Å². The van der Waals surface area contributed by atoms with Crippen LogP contribution in [0.2, 0.25) is 0 Å². The van der Waals surface area contributed by atoms with Gasteiger partial charge in [-0.05, 0) is 49.3 Å². The minimum atomic E-state index is 0.389. The smallest absolute Gasteiger partial charge is 0.0294 e. The van der Waals surface area contributed by atoms with E-state index in [1.54, 1.807) is 0 Å². The number of nitrogens with one attached hydrogen (secondary N) is 1. The zero-order valence-corrected chi connectivity index (χ0v) is 12.4. The fraction of sp³-hybridized carbons (Fsp3) is 0.368. The van der Waals surface area contributed by atoms with Crippen LogP contribution in [0.4, 0.5) is 0 Å². The van der Waals surface area contributed by atoms with Crippen molar-refractivity contribution in [3.8, 4) is 0 Å². The molecule has 1 aliphatic rings. The molecule has 1 aliphatic carbocycles. The first-order valence-electron chi connectivity index (χ1n) is 7.61. The molecule has 1 fully saturated rings. The molecule has 104 valence electrons. The first kappa shape index (κ1) is 13.4. The molecule has 1 nitrogen and oxygen atoms in total. The van der Waals surface area contributed by atoms with Gasteiger partial charge in [0.05, 0.1) is 0 Å². The van der Waals surface area contributed by atoms with Gasteiger partial charge in [-0.3, -0.25) is 0 Å². The Balaban J connectivity index is 1.61. The van der Waals surface area contributed by atoms with E-state index in [0.29, 0.717) is 6.04 Å². The van der Waals surface area contributed by atoms with Crippen LogP contribution in [0.1, 0.15) is 54.0 Å². The van der Waals surface area contributed by atoms with E-state index in [2.05, 4.69) is 67.7 Å². The van der Waals surface area contributed by atoms with Gasteiger partial charge in [-0.25, -0.2) is 0 Å². The summed E-state index contributed by atoms with van der Waals surface area (Å²) in [4.78, 5) is 0. The van der Waals surface area contributed by atoms with Crippen LogP contribution in [0.25, 0.3) is 0 Å². The second-order valence-electron chi connectivity index (χ2n) is 6.03. The molecule has 1 unspecified atom stereocenters. The van der Waals surface area contributed by atoms with Gasteiger partial charge < -0.3 is 5.32 Å². The number of hydrogen-bond acceptors (Lipinski definition) is 1. The predicted octanol–water partition coefficient (Wildman–Crippen LogP) is 4.72. The Hall–Kier alpha value is -1.60. The van der Waals surface area contributed by atoms with E-state index in [-0.39, 0.29) is 0 Å². The third kappa shape index (κ3) is 3.29. The van der Waals surface area contributed by atoms with E-state index in [1.165, 1.54) is 35.1 Å². The van der Waals surface area contributed by atoms with Crippen LogP contribution in [0.15, 0.2) is 48.5 Å². The van der Waals surface area contributed by atoms with Crippen molar-refractivity contribution in [2.24, 2.45) is 0 Å². The van der Waals surface area contributed by atoms with E-state index in [0.717, 1.165) is 12.5 Å². The van der Waals surface area contributed by atoms with Crippen molar-refractivity contribution in [1.29, 1.82) is 0 Å². The van der Waals surface area contributed by atoms with E-state index in [4.69, 9.17) is 0 Å². The molecule has 0 heterocycles. The van der Waals surface area contributed by atoms with Gasteiger partial charge in [0.15, 0.2) is 0 Å². The molecule has 0 amide bonds. The summed E-state index contributed by atoms with van der Waals surface area (Å²) in [6.07, 6.45) is 2.74. The molecule has 0 radical (unpaired) electrons. The molecular weight excluding hydrogens is 242 g/mol. The van der Waals surface area contributed by atoms with E-state index in [1.807, 2.05) is 0 Å². The molecule has 0 aliphatic heterocycles. The highest BCUT2D eigenvalue weighted by Gasteiger charge is 2.23. The van der Waals surface area contributed by atoms with Crippen molar-refractivity contribution in [3.05, 3.63) is 70.8 Å². The predicted molar refractivity (Wildman–Crippen MR) is 84.9 cm³/mol. The first-order chi connectivity index (χ1) is 9.72.